The van der Waals surface area contributed by atoms with Crippen LogP contribution in [0.5, 0.6) is 0 Å². The Bertz CT molecular complexity index is 1210. The van der Waals surface area contributed by atoms with Crippen molar-refractivity contribution in [1.29, 1.82) is 0 Å². The fourth-order valence-electron chi connectivity index (χ4n) is 3.10. The molecule has 0 radical (unpaired) electrons. The average molecular weight is 424 g/mol. The van der Waals surface area contributed by atoms with Crippen LogP contribution in [0.4, 0.5) is 13.2 Å². The SMILES string of the molecule is Cc1ncc(-c2cccc(C(C)(C)c3cccc(-n4ccc(C(F)(F)F)n4)n3)n2)cn1. The standard InChI is InChI=1S/C22H19F3N6/c1-14-26-12-15(13-27-14)16-6-4-7-17(28-16)21(2,3)18-8-5-9-20(29-18)31-11-10-19(30-31)22(23,24)25/h4-13H,1-3H3. The van der Waals surface area contributed by atoms with Crippen LogP contribution in [0.15, 0.2) is 61.1 Å². The first kappa shape index (κ1) is 20.6. The Labute approximate surface area is 176 Å². The Morgan fingerprint density at radius 2 is 1.45 bits per heavy atom. The van der Waals surface area contributed by atoms with Crippen molar-refractivity contribution in [1.82, 2.24) is 29.7 Å². The first-order valence-electron chi connectivity index (χ1n) is 9.52. The highest BCUT2D eigenvalue weighted by Crippen LogP contribution is 2.31. The summed E-state index contributed by atoms with van der Waals surface area (Å²) in [5, 5.41) is 3.61. The Morgan fingerprint density at radius 1 is 0.806 bits per heavy atom. The molecule has 9 heteroatoms. The predicted octanol–water partition coefficient (Wildman–Crippen LogP) is 4.77. The number of halogens is 3. The van der Waals surface area contributed by atoms with Gasteiger partial charge < -0.3 is 0 Å². The molecule has 0 aromatic carbocycles. The zero-order valence-corrected chi connectivity index (χ0v) is 17.1. The Hall–Kier alpha value is -3.62. The van der Waals surface area contributed by atoms with Crippen molar-refractivity contribution in [2.24, 2.45) is 0 Å². The number of hydrogen-bond donors (Lipinski definition) is 0. The Balaban J connectivity index is 1.69. The van der Waals surface area contributed by atoms with Gasteiger partial charge >= 0.3 is 6.18 Å². The zero-order chi connectivity index (χ0) is 22.2. The number of pyridine rings is 2. The second kappa shape index (κ2) is 7.57. The summed E-state index contributed by atoms with van der Waals surface area (Å²) in [6.07, 6.45) is 0.177. The molecule has 4 aromatic heterocycles. The maximum Gasteiger partial charge on any atom is 0.435 e. The van der Waals surface area contributed by atoms with E-state index in [-0.39, 0.29) is 0 Å². The van der Waals surface area contributed by atoms with E-state index < -0.39 is 17.3 Å². The molecule has 0 fully saturated rings. The van der Waals surface area contributed by atoms with Crippen LogP contribution in [0.1, 0.15) is 36.8 Å². The van der Waals surface area contributed by atoms with Crippen molar-refractivity contribution >= 4 is 0 Å². The monoisotopic (exact) mass is 424 g/mol. The highest BCUT2D eigenvalue weighted by molar-refractivity contribution is 5.57. The van der Waals surface area contributed by atoms with Gasteiger partial charge in [-0.3, -0.25) is 4.98 Å². The summed E-state index contributed by atoms with van der Waals surface area (Å²) >= 11 is 0. The van der Waals surface area contributed by atoms with Crippen molar-refractivity contribution in [3.05, 3.63) is 84.0 Å². The summed E-state index contributed by atoms with van der Waals surface area (Å²) in [5.74, 6) is 0.970. The minimum Gasteiger partial charge on any atom is -0.252 e. The second-order valence-corrected chi connectivity index (χ2v) is 7.58. The van der Waals surface area contributed by atoms with Gasteiger partial charge in [-0.2, -0.15) is 18.3 Å². The van der Waals surface area contributed by atoms with Gasteiger partial charge in [-0.1, -0.05) is 12.1 Å². The molecule has 6 nitrogen and oxygen atoms in total. The Kier molecular flexibility index (Phi) is 5.04. The van der Waals surface area contributed by atoms with Gasteiger partial charge in [0.05, 0.1) is 17.1 Å². The summed E-state index contributed by atoms with van der Waals surface area (Å²) in [6.45, 7) is 5.73. The first-order chi connectivity index (χ1) is 14.6. The van der Waals surface area contributed by atoms with Crippen LogP contribution in [0.2, 0.25) is 0 Å². The number of aromatic nitrogens is 6. The lowest BCUT2D eigenvalue weighted by atomic mass is 9.84. The van der Waals surface area contributed by atoms with E-state index in [1.165, 1.54) is 6.20 Å². The molecule has 0 atom stereocenters. The lowest BCUT2D eigenvalue weighted by Gasteiger charge is -2.24. The summed E-state index contributed by atoms with van der Waals surface area (Å²) in [5.41, 5.74) is 1.35. The third-order valence-corrected chi connectivity index (χ3v) is 4.96. The molecule has 4 rings (SSSR count). The molecule has 0 N–H and O–H groups in total. The molecule has 0 spiro atoms. The van der Waals surface area contributed by atoms with Gasteiger partial charge in [0, 0.05) is 29.6 Å². The van der Waals surface area contributed by atoms with Crippen LogP contribution in [-0.4, -0.2) is 29.7 Å². The highest BCUT2D eigenvalue weighted by atomic mass is 19.4. The molecule has 4 heterocycles. The quantitative estimate of drug-likeness (QED) is 0.472. The van der Waals surface area contributed by atoms with Crippen LogP contribution in [0, 0.1) is 6.92 Å². The van der Waals surface area contributed by atoms with E-state index >= 15 is 0 Å². The molecule has 31 heavy (non-hydrogen) atoms. The van der Waals surface area contributed by atoms with E-state index in [0.29, 0.717) is 17.3 Å². The summed E-state index contributed by atoms with van der Waals surface area (Å²) in [7, 11) is 0. The molecular weight excluding hydrogens is 405 g/mol. The largest absolute Gasteiger partial charge is 0.435 e. The van der Waals surface area contributed by atoms with E-state index in [0.717, 1.165) is 27.7 Å². The van der Waals surface area contributed by atoms with Crippen LogP contribution in [0.3, 0.4) is 0 Å². The van der Waals surface area contributed by atoms with Crippen LogP contribution < -0.4 is 0 Å². The average Bonchev–Trinajstić information content (AvgIpc) is 3.25. The van der Waals surface area contributed by atoms with Crippen LogP contribution in [-0.2, 0) is 11.6 Å². The number of hydrogen-bond acceptors (Lipinski definition) is 5. The minimum absolute atomic E-state index is 0.296. The summed E-state index contributed by atoms with van der Waals surface area (Å²) in [6, 6.07) is 11.8. The van der Waals surface area contributed by atoms with E-state index in [2.05, 4.69) is 20.1 Å². The minimum atomic E-state index is -4.51. The highest BCUT2D eigenvalue weighted by Gasteiger charge is 2.34. The Morgan fingerprint density at radius 3 is 2.10 bits per heavy atom. The normalized spacial score (nSPS) is 12.2. The molecule has 0 aliphatic heterocycles. The zero-order valence-electron chi connectivity index (χ0n) is 17.1. The molecule has 0 saturated carbocycles. The molecule has 4 aromatic rings. The second-order valence-electron chi connectivity index (χ2n) is 7.58. The topological polar surface area (TPSA) is 69.4 Å². The lowest BCUT2D eigenvalue weighted by Crippen LogP contribution is -2.23. The van der Waals surface area contributed by atoms with Crippen molar-refractivity contribution in [3.63, 3.8) is 0 Å². The van der Waals surface area contributed by atoms with Gasteiger partial charge in [-0.25, -0.2) is 19.6 Å². The summed E-state index contributed by atoms with van der Waals surface area (Å²) < 4.78 is 39.8. The maximum absolute atomic E-state index is 12.9. The number of aryl methyl sites for hydroxylation is 1. The van der Waals surface area contributed by atoms with Gasteiger partial charge in [-0.15, -0.1) is 0 Å². The number of nitrogens with zero attached hydrogens (tertiary/aromatic N) is 6. The third kappa shape index (κ3) is 4.16. The van der Waals surface area contributed by atoms with Crippen LogP contribution in [0.25, 0.3) is 17.1 Å². The van der Waals surface area contributed by atoms with Crippen molar-refractivity contribution in [2.45, 2.75) is 32.4 Å². The molecule has 0 bridgehead atoms. The van der Waals surface area contributed by atoms with E-state index in [4.69, 9.17) is 4.98 Å². The fourth-order valence-corrected chi connectivity index (χ4v) is 3.10. The van der Waals surface area contributed by atoms with Gasteiger partial charge in [0.15, 0.2) is 11.5 Å². The molecular formula is C22H19F3N6. The fraction of sp³-hybridized carbons (Fsp3) is 0.227. The molecule has 0 unspecified atom stereocenters. The van der Waals surface area contributed by atoms with Gasteiger partial charge in [0.1, 0.15) is 5.82 Å². The van der Waals surface area contributed by atoms with E-state index in [9.17, 15) is 13.2 Å². The molecule has 158 valence electrons. The van der Waals surface area contributed by atoms with E-state index in [1.807, 2.05) is 45.0 Å². The third-order valence-electron chi connectivity index (χ3n) is 4.96. The van der Waals surface area contributed by atoms with Crippen LogP contribution >= 0.6 is 0 Å². The molecule has 0 aliphatic rings. The van der Waals surface area contributed by atoms with Gasteiger partial charge in [0.25, 0.3) is 0 Å². The number of alkyl halides is 3. The van der Waals surface area contributed by atoms with Gasteiger partial charge in [-0.05, 0) is 51.1 Å². The van der Waals surface area contributed by atoms with Crippen molar-refractivity contribution in [3.8, 4) is 17.1 Å². The first-order valence-corrected chi connectivity index (χ1v) is 9.52. The maximum atomic E-state index is 12.9. The predicted molar refractivity (Wildman–Crippen MR) is 108 cm³/mol. The number of rotatable bonds is 4. The molecule has 0 aliphatic carbocycles. The van der Waals surface area contributed by atoms with Crippen molar-refractivity contribution in [2.75, 3.05) is 0 Å². The smallest absolute Gasteiger partial charge is 0.252 e. The summed E-state index contributed by atoms with van der Waals surface area (Å²) in [4.78, 5) is 17.8. The van der Waals surface area contributed by atoms with Crippen molar-refractivity contribution < 1.29 is 13.2 Å². The van der Waals surface area contributed by atoms with Gasteiger partial charge in [0.2, 0.25) is 0 Å². The molecule has 0 amide bonds. The lowest BCUT2D eigenvalue weighted by molar-refractivity contribution is -0.141. The van der Waals surface area contributed by atoms with E-state index in [1.54, 1.807) is 24.5 Å². The molecule has 0 saturated heterocycles.